The lowest BCUT2D eigenvalue weighted by Gasteiger charge is -2.15. The lowest BCUT2D eigenvalue weighted by Crippen LogP contribution is -2.33. The largest absolute Gasteiger partial charge is 0.380 e. The molecule has 0 aliphatic heterocycles. The molecule has 0 saturated carbocycles. The molecule has 2 aromatic rings. The Labute approximate surface area is 114 Å². The predicted octanol–water partition coefficient (Wildman–Crippen LogP) is 2.13. The van der Waals surface area contributed by atoms with Crippen LogP contribution in [0.2, 0.25) is 0 Å². The number of hydrogen-bond donors (Lipinski definition) is 1. The van der Waals surface area contributed by atoms with Crippen molar-refractivity contribution in [2.45, 2.75) is 25.8 Å². The Balaban J connectivity index is 2.08. The Morgan fingerprint density at radius 1 is 1.37 bits per heavy atom. The first kappa shape index (κ1) is 14.0. The van der Waals surface area contributed by atoms with Gasteiger partial charge in [0.1, 0.15) is 5.82 Å². The highest BCUT2D eigenvalue weighted by molar-refractivity contribution is 5.75. The van der Waals surface area contributed by atoms with Crippen LogP contribution in [0.1, 0.15) is 19.2 Å². The van der Waals surface area contributed by atoms with Gasteiger partial charge in [-0.2, -0.15) is 0 Å². The first-order valence-electron chi connectivity index (χ1n) is 6.91. The molecule has 0 fully saturated rings. The van der Waals surface area contributed by atoms with Crippen molar-refractivity contribution in [1.82, 2.24) is 14.9 Å². The summed E-state index contributed by atoms with van der Waals surface area (Å²) in [4.78, 5) is 4.70. The number of hydrogen-bond acceptors (Lipinski definition) is 3. The fraction of sp³-hybridized carbons (Fsp3) is 0.533. The molecule has 0 radical (unpaired) electrons. The van der Waals surface area contributed by atoms with Gasteiger partial charge in [-0.05, 0) is 25.6 Å². The summed E-state index contributed by atoms with van der Waals surface area (Å²) in [5.74, 6) is 1.10. The number of fused-ring (bicyclic) bond motifs is 1. The summed E-state index contributed by atoms with van der Waals surface area (Å²) in [7, 11) is 4.05. The Bertz CT molecular complexity index is 521. The number of ether oxygens (including phenoxy) is 1. The van der Waals surface area contributed by atoms with Crippen molar-refractivity contribution in [3.8, 4) is 0 Å². The molecular formula is C15H23N3O. The second kappa shape index (κ2) is 6.68. The van der Waals surface area contributed by atoms with E-state index in [0.717, 1.165) is 37.4 Å². The predicted molar refractivity (Wildman–Crippen MR) is 78.4 cm³/mol. The minimum Gasteiger partial charge on any atom is -0.380 e. The second-order valence-corrected chi connectivity index (χ2v) is 4.84. The third-order valence-corrected chi connectivity index (χ3v) is 3.38. The molecule has 104 valence electrons. The van der Waals surface area contributed by atoms with Gasteiger partial charge in [0.05, 0.1) is 17.6 Å². The summed E-state index contributed by atoms with van der Waals surface area (Å²) >= 11 is 0. The fourth-order valence-corrected chi connectivity index (χ4v) is 2.21. The Morgan fingerprint density at radius 2 is 2.16 bits per heavy atom. The molecule has 1 aromatic heterocycles. The quantitative estimate of drug-likeness (QED) is 0.776. The van der Waals surface area contributed by atoms with Gasteiger partial charge in [0.15, 0.2) is 0 Å². The van der Waals surface area contributed by atoms with Gasteiger partial charge in [0.2, 0.25) is 0 Å². The van der Waals surface area contributed by atoms with Crippen LogP contribution in [-0.2, 0) is 18.2 Å². The van der Waals surface area contributed by atoms with Crippen LogP contribution in [0.15, 0.2) is 24.3 Å². The normalized spacial score (nSPS) is 13.0. The summed E-state index contributed by atoms with van der Waals surface area (Å²) in [5.41, 5.74) is 2.24. The van der Waals surface area contributed by atoms with Crippen molar-refractivity contribution in [3.63, 3.8) is 0 Å². The smallest absolute Gasteiger partial charge is 0.111 e. The first-order valence-corrected chi connectivity index (χ1v) is 6.91. The van der Waals surface area contributed by atoms with Crippen molar-refractivity contribution in [1.29, 1.82) is 0 Å². The maximum Gasteiger partial charge on any atom is 0.111 e. The minimum absolute atomic E-state index is 0.307. The topological polar surface area (TPSA) is 39.1 Å². The molecule has 19 heavy (non-hydrogen) atoms. The van der Waals surface area contributed by atoms with Crippen LogP contribution in [0.3, 0.4) is 0 Å². The van der Waals surface area contributed by atoms with E-state index in [2.05, 4.69) is 36.0 Å². The minimum atomic E-state index is 0.307. The van der Waals surface area contributed by atoms with E-state index in [-0.39, 0.29) is 0 Å². The standard InChI is InChI=1S/C15H23N3O/c1-4-9-19-11-12(16-2)10-15-17-13-7-5-6-8-14(13)18(15)3/h5-8,12,16H,4,9-11H2,1-3H3. The van der Waals surface area contributed by atoms with Gasteiger partial charge < -0.3 is 14.6 Å². The molecule has 1 N–H and O–H groups in total. The molecule has 1 atom stereocenters. The molecule has 1 heterocycles. The molecule has 1 unspecified atom stereocenters. The van der Waals surface area contributed by atoms with E-state index in [0.29, 0.717) is 6.04 Å². The van der Waals surface area contributed by atoms with Crippen LogP contribution in [0.5, 0.6) is 0 Å². The van der Waals surface area contributed by atoms with E-state index >= 15 is 0 Å². The number of likely N-dealkylation sites (N-methyl/N-ethyl adjacent to an activating group) is 1. The zero-order valence-electron chi connectivity index (χ0n) is 12.0. The van der Waals surface area contributed by atoms with Crippen LogP contribution < -0.4 is 5.32 Å². The molecule has 0 amide bonds. The molecule has 0 spiro atoms. The molecule has 0 aliphatic rings. The average molecular weight is 261 g/mol. The van der Waals surface area contributed by atoms with Gasteiger partial charge in [-0.1, -0.05) is 19.1 Å². The van der Waals surface area contributed by atoms with Crippen LogP contribution in [0.4, 0.5) is 0 Å². The van der Waals surface area contributed by atoms with Gasteiger partial charge in [0, 0.05) is 26.1 Å². The number of nitrogens with zero attached hydrogens (tertiary/aromatic N) is 2. The van der Waals surface area contributed by atoms with Crippen LogP contribution in [0, 0.1) is 0 Å². The maximum atomic E-state index is 5.62. The number of rotatable bonds is 7. The summed E-state index contributed by atoms with van der Waals surface area (Å²) < 4.78 is 7.79. The van der Waals surface area contributed by atoms with Crippen LogP contribution in [-0.4, -0.2) is 35.9 Å². The van der Waals surface area contributed by atoms with Gasteiger partial charge in [-0.3, -0.25) is 0 Å². The van der Waals surface area contributed by atoms with Gasteiger partial charge in [-0.15, -0.1) is 0 Å². The third kappa shape index (κ3) is 3.33. The molecular weight excluding hydrogens is 238 g/mol. The highest BCUT2D eigenvalue weighted by Gasteiger charge is 2.13. The molecule has 0 bridgehead atoms. The number of nitrogens with one attached hydrogen (secondary N) is 1. The summed E-state index contributed by atoms with van der Waals surface area (Å²) in [5, 5.41) is 3.30. The molecule has 4 nitrogen and oxygen atoms in total. The molecule has 0 aliphatic carbocycles. The lowest BCUT2D eigenvalue weighted by molar-refractivity contribution is 0.113. The third-order valence-electron chi connectivity index (χ3n) is 3.38. The zero-order chi connectivity index (χ0) is 13.7. The SMILES string of the molecule is CCCOCC(Cc1nc2ccccc2n1C)NC. The lowest BCUT2D eigenvalue weighted by atomic mass is 10.2. The van der Waals surface area contributed by atoms with E-state index in [4.69, 9.17) is 9.72 Å². The van der Waals surface area contributed by atoms with E-state index in [1.165, 1.54) is 5.52 Å². The van der Waals surface area contributed by atoms with Gasteiger partial charge >= 0.3 is 0 Å². The monoisotopic (exact) mass is 261 g/mol. The zero-order valence-corrected chi connectivity index (χ0v) is 12.0. The number of imidazole rings is 1. The molecule has 0 saturated heterocycles. The average Bonchev–Trinajstić information content (AvgIpc) is 2.75. The van der Waals surface area contributed by atoms with Crippen molar-refractivity contribution >= 4 is 11.0 Å². The van der Waals surface area contributed by atoms with Crippen molar-refractivity contribution < 1.29 is 4.74 Å². The van der Waals surface area contributed by atoms with Gasteiger partial charge in [-0.25, -0.2) is 4.98 Å². The number of aryl methyl sites for hydroxylation is 1. The number of para-hydroxylation sites is 2. The Kier molecular flexibility index (Phi) is 4.93. The summed E-state index contributed by atoms with van der Waals surface area (Å²) in [6.07, 6.45) is 1.94. The number of benzene rings is 1. The molecule has 4 heteroatoms. The van der Waals surface area contributed by atoms with E-state index < -0.39 is 0 Å². The van der Waals surface area contributed by atoms with Crippen LogP contribution >= 0.6 is 0 Å². The Hall–Kier alpha value is -1.39. The van der Waals surface area contributed by atoms with E-state index in [1.807, 2.05) is 19.2 Å². The molecule has 1 aromatic carbocycles. The summed E-state index contributed by atoms with van der Waals surface area (Å²) in [6.45, 7) is 3.67. The fourth-order valence-electron chi connectivity index (χ4n) is 2.21. The Morgan fingerprint density at radius 3 is 2.84 bits per heavy atom. The summed E-state index contributed by atoms with van der Waals surface area (Å²) in [6, 6.07) is 8.54. The van der Waals surface area contributed by atoms with E-state index in [1.54, 1.807) is 0 Å². The highest BCUT2D eigenvalue weighted by Crippen LogP contribution is 2.15. The van der Waals surface area contributed by atoms with Crippen molar-refractivity contribution in [3.05, 3.63) is 30.1 Å². The van der Waals surface area contributed by atoms with Crippen molar-refractivity contribution in [2.75, 3.05) is 20.3 Å². The van der Waals surface area contributed by atoms with E-state index in [9.17, 15) is 0 Å². The van der Waals surface area contributed by atoms with Crippen molar-refractivity contribution in [2.24, 2.45) is 7.05 Å². The highest BCUT2D eigenvalue weighted by atomic mass is 16.5. The number of aromatic nitrogens is 2. The maximum absolute atomic E-state index is 5.62. The van der Waals surface area contributed by atoms with Gasteiger partial charge in [0.25, 0.3) is 0 Å². The van der Waals surface area contributed by atoms with Crippen LogP contribution in [0.25, 0.3) is 11.0 Å². The molecule has 2 rings (SSSR count). The first-order chi connectivity index (χ1) is 9.26. The second-order valence-electron chi connectivity index (χ2n) is 4.84.